The van der Waals surface area contributed by atoms with E-state index in [4.69, 9.17) is 9.84 Å². The van der Waals surface area contributed by atoms with Crippen LogP contribution in [0.5, 0.6) is 0 Å². The molecule has 1 aliphatic heterocycles. The first-order valence-corrected chi connectivity index (χ1v) is 4.99. The van der Waals surface area contributed by atoms with Crippen LogP contribution < -0.4 is 11.2 Å². The number of H-pyrrole nitrogens is 1. The molecule has 2 heterocycles. The molecule has 2 rings (SSSR count). The first-order valence-electron chi connectivity index (χ1n) is 4.99. The predicted octanol–water partition coefficient (Wildman–Crippen LogP) is -1.66. The lowest BCUT2D eigenvalue weighted by atomic mass is 10.1. The minimum atomic E-state index is -1.04. The van der Waals surface area contributed by atoms with Crippen LogP contribution in [0.4, 0.5) is 0 Å². The molecule has 0 radical (unpaired) electrons. The Morgan fingerprint density at radius 1 is 1.53 bits per heavy atom. The second-order valence-corrected chi connectivity index (χ2v) is 3.75. The molecule has 1 aromatic rings. The lowest BCUT2D eigenvalue weighted by Gasteiger charge is -2.14. The fraction of sp³-hybridized carbons (Fsp3) is 0.400. The molecule has 1 aromatic heterocycles. The summed E-state index contributed by atoms with van der Waals surface area (Å²) in [5.41, 5.74) is -0.915. The number of ether oxygens (including phenoxy) is 1. The van der Waals surface area contributed by atoms with E-state index in [9.17, 15) is 14.7 Å². The molecule has 17 heavy (non-hydrogen) atoms. The van der Waals surface area contributed by atoms with Gasteiger partial charge >= 0.3 is 5.69 Å². The van der Waals surface area contributed by atoms with Crippen molar-refractivity contribution < 1.29 is 14.9 Å². The molecule has 0 aliphatic carbocycles. The second-order valence-electron chi connectivity index (χ2n) is 3.75. The SMILES string of the molecule is C=C1C(O)C(CO)OC1n1ccc(=O)[nH]c1=O. The average Bonchev–Trinajstić information content (AvgIpc) is 2.57. The van der Waals surface area contributed by atoms with Crippen molar-refractivity contribution in [3.63, 3.8) is 0 Å². The van der Waals surface area contributed by atoms with Crippen molar-refractivity contribution in [3.05, 3.63) is 45.3 Å². The Labute approximate surface area is 95.6 Å². The highest BCUT2D eigenvalue weighted by Gasteiger charge is 2.38. The van der Waals surface area contributed by atoms with Crippen LogP contribution in [0.15, 0.2) is 34.0 Å². The van der Waals surface area contributed by atoms with Gasteiger partial charge in [-0.15, -0.1) is 0 Å². The van der Waals surface area contributed by atoms with Gasteiger partial charge in [-0.05, 0) is 0 Å². The van der Waals surface area contributed by atoms with Gasteiger partial charge in [0.15, 0.2) is 6.23 Å². The Balaban J connectivity index is 2.39. The zero-order valence-electron chi connectivity index (χ0n) is 8.87. The minimum Gasteiger partial charge on any atom is -0.394 e. The summed E-state index contributed by atoms with van der Waals surface area (Å²) in [6, 6.07) is 1.16. The van der Waals surface area contributed by atoms with Crippen molar-refractivity contribution in [1.29, 1.82) is 0 Å². The normalized spacial score (nSPS) is 28.6. The zero-order valence-corrected chi connectivity index (χ0v) is 8.87. The van der Waals surface area contributed by atoms with Crippen LogP contribution in [0.25, 0.3) is 0 Å². The summed E-state index contributed by atoms with van der Waals surface area (Å²) in [6.07, 6.45) is -1.48. The lowest BCUT2D eigenvalue weighted by Crippen LogP contribution is -2.32. The summed E-state index contributed by atoms with van der Waals surface area (Å²) in [7, 11) is 0. The van der Waals surface area contributed by atoms with Crippen molar-refractivity contribution in [2.75, 3.05) is 6.61 Å². The van der Waals surface area contributed by atoms with Crippen molar-refractivity contribution in [1.82, 2.24) is 9.55 Å². The van der Waals surface area contributed by atoms with Gasteiger partial charge in [0.25, 0.3) is 5.56 Å². The molecule has 7 heteroatoms. The second kappa shape index (κ2) is 4.28. The van der Waals surface area contributed by atoms with E-state index in [1.807, 2.05) is 0 Å². The molecule has 1 saturated heterocycles. The number of aromatic amines is 1. The molecule has 3 atom stereocenters. The predicted molar refractivity (Wildman–Crippen MR) is 57.5 cm³/mol. The molecule has 0 bridgehead atoms. The summed E-state index contributed by atoms with van der Waals surface area (Å²) in [5.74, 6) is 0. The summed E-state index contributed by atoms with van der Waals surface area (Å²) >= 11 is 0. The molecule has 0 saturated carbocycles. The number of hydrogen-bond donors (Lipinski definition) is 3. The molecular weight excluding hydrogens is 228 g/mol. The third-order valence-corrected chi connectivity index (χ3v) is 2.64. The van der Waals surface area contributed by atoms with Crippen LogP contribution in [-0.2, 0) is 4.74 Å². The van der Waals surface area contributed by atoms with Gasteiger partial charge in [0, 0.05) is 17.8 Å². The molecule has 0 aromatic carbocycles. The Morgan fingerprint density at radius 3 is 2.76 bits per heavy atom. The van der Waals surface area contributed by atoms with Crippen molar-refractivity contribution in [2.45, 2.75) is 18.4 Å². The minimum absolute atomic E-state index is 0.262. The number of aromatic nitrogens is 2. The third kappa shape index (κ3) is 1.95. The van der Waals surface area contributed by atoms with Crippen LogP contribution >= 0.6 is 0 Å². The molecule has 0 spiro atoms. The highest BCUT2D eigenvalue weighted by Crippen LogP contribution is 2.31. The van der Waals surface area contributed by atoms with Crippen molar-refractivity contribution >= 4 is 0 Å². The summed E-state index contributed by atoms with van der Waals surface area (Å²) in [4.78, 5) is 24.5. The Kier molecular flexibility index (Phi) is 2.97. The molecule has 92 valence electrons. The van der Waals surface area contributed by atoms with E-state index in [-0.39, 0.29) is 12.2 Å². The topological polar surface area (TPSA) is 105 Å². The Bertz CT molecular complexity index is 546. The maximum atomic E-state index is 11.5. The molecule has 0 amide bonds. The first-order chi connectivity index (χ1) is 8.04. The van der Waals surface area contributed by atoms with Crippen molar-refractivity contribution in [2.24, 2.45) is 0 Å². The van der Waals surface area contributed by atoms with E-state index in [2.05, 4.69) is 11.6 Å². The summed E-state index contributed by atoms with van der Waals surface area (Å²) in [5, 5.41) is 18.6. The van der Waals surface area contributed by atoms with Crippen molar-refractivity contribution in [3.8, 4) is 0 Å². The Hall–Kier alpha value is -1.70. The van der Waals surface area contributed by atoms with Crippen LogP contribution in [-0.4, -0.2) is 38.6 Å². The molecule has 1 fully saturated rings. The van der Waals surface area contributed by atoms with Gasteiger partial charge in [-0.2, -0.15) is 0 Å². The van der Waals surface area contributed by atoms with E-state index in [0.717, 1.165) is 10.6 Å². The van der Waals surface area contributed by atoms with Gasteiger partial charge in [0.1, 0.15) is 12.2 Å². The number of aliphatic hydroxyl groups excluding tert-OH is 2. The molecule has 3 N–H and O–H groups in total. The van der Waals surface area contributed by atoms with Gasteiger partial charge < -0.3 is 14.9 Å². The number of nitrogens with zero attached hydrogens (tertiary/aromatic N) is 1. The zero-order chi connectivity index (χ0) is 12.6. The van der Waals surface area contributed by atoms with Gasteiger partial charge in [-0.1, -0.05) is 6.58 Å². The van der Waals surface area contributed by atoms with Gasteiger partial charge in [0.2, 0.25) is 0 Å². The maximum Gasteiger partial charge on any atom is 0.330 e. The number of nitrogens with one attached hydrogen (secondary N) is 1. The highest BCUT2D eigenvalue weighted by molar-refractivity contribution is 5.14. The van der Waals surface area contributed by atoms with E-state index in [1.54, 1.807) is 0 Å². The summed E-state index contributed by atoms with van der Waals surface area (Å²) in [6.45, 7) is 3.24. The monoisotopic (exact) mass is 240 g/mol. The van der Waals surface area contributed by atoms with Gasteiger partial charge in [-0.3, -0.25) is 14.3 Å². The van der Waals surface area contributed by atoms with Crippen LogP contribution in [0.3, 0.4) is 0 Å². The van der Waals surface area contributed by atoms with Crippen LogP contribution in [0.2, 0.25) is 0 Å². The smallest absolute Gasteiger partial charge is 0.330 e. The van der Waals surface area contributed by atoms with E-state index >= 15 is 0 Å². The molecule has 1 aliphatic rings. The lowest BCUT2D eigenvalue weighted by molar-refractivity contribution is -0.0447. The van der Waals surface area contributed by atoms with E-state index in [1.165, 1.54) is 6.20 Å². The van der Waals surface area contributed by atoms with E-state index < -0.39 is 29.7 Å². The first kappa shape index (κ1) is 11.8. The largest absolute Gasteiger partial charge is 0.394 e. The number of hydrogen-bond acceptors (Lipinski definition) is 5. The quantitative estimate of drug-likeness (QED) is 0.537. The van der Waals surface area contributed by atoms with Crippen LogP contribution in [0, 0.1) is 0 Å². The number of rotatable bonds is 2. The molecule has 3 unspecified atom stereocenters. The van der Waals surface area contributed by atoms with Gasteiger partial charge in [0.05, 0.1) is 6.61 Å². The fourth-order valence-electron chi connectivity index (χ4n) is 1.71. The standard InChI is InChI=1S/C10H12N2O5/c1-5-8(15)6(4-13)17-9(5)12-3-2-7(14)11-10(12)16/h2-3,6,8-9,13,15H,1,4H2,(H,11,14,16). The molecule has 7 nitrogen and oxygen atoms in total. The van der Waals surface area contributed by atoms with Crippen LogP contribution in [0.1, 0.15) is 6.23 Å². The highest BCUT2D eigenvalue weighted by atomic mass is 16.5. The Morgan fingerprint density at radius 2 is 2.24 bits per heavy atom. The third-order valence-electron chi connectivity index (χ3n) is 2.64. The van der Waals surface area contributed by atoms with E-state index in [0.29, 0.717) is 0 Å². The fourth-order valence-corrected chi connectivity index (χ4v) is 1.71. The average molecular weight is 240 g/mol. The number of aliphatic hydroxyl groups is 2. The molecular formula is C10H12N2O5. The maximum absolute atomic E-state index is 11.5. The summed E-state index contributed by atoms with van der Waals surface area (Å²) < 4.78 is 6.38. The van der Waals surface area contributed by atoms with Gasteiger partial charge in [-0.25, -0.2) is 4.79 Å².